The highest BCUT2D eigenvalue weighted by molar-refractivity contribution is 6.32. The van der Waals surface area contributed by atoms with E-state index in [0.29, 0.717) is 33.3 Å². The number of hydrogen-bond donors (Lipinski definition) is 1. The second kappa shape index (κ2) is 7.39. The van der Waals surface area contributed by atoms with Crippen molar-refractivity contribution < 1.29 is 9.84 Å². The van der Waals surface area contributed by atoms with Crippen molar-refractivity contribution in [3.63, 3.8) is 0 Å². The number of nitriles is 1. The van der Waals surface area contributed by atoms with Gasteiger partial charge in [-0.1, -0.05) is 35.9 Å². The van der Waals surface area contributed by atoms with Crippen LogP contribution < -0.4 is 4.74 Å². The monoisotopic (exact) mass is 353 g/mol. The first-order valence-electron chi connectivity index (χ1n) is 7.70. The van der Waals surface area contributed by atoms with Crippen LogP contribution >= 0.6 is 11.6 Å². The van der Waals surface area contributed by atoms with E-state index in [-0.39, 0.29) is 13.2 Å². The summed E-state index contributed by atoms with van der Waals surface area (Å²) in [6, 6.07) is 16.9. The largest absolute Gasteiger partial charge is 0.486 e. The van der Waals surface area contributed by atoms with E-state index in [1.54, 1.807) is 29.8 Å². The number of rotatable bonds is 5. The fourth-order valence-corrected chi connectivity index (χ4v) is 2.80. The molecule has 0 atom stereocenters. The molecule has 0 aliphatic rings. The Labute approximate surface area is 150 Å². The highest BCUT2D eigenvalue weighted by atomic mass is 35.5. The lowest BCUT2D eigenvalue weighted by atomic mass is 10.2. The van der Waals surface area contributed by atoms with Gasteiger partial charge in [-0.2, -0.15) is 10.4 Å². The average molecular weight is 354 g/mol. The minimum Gasteiger partial charge on any atom is -0.486 e. The first-order valence-corrected chi connectivity index (χ1v) is 8.08. The van der Waals surface area contributed by atoms with Crippen LogP contribution in [0.3, 0.4) is 0 Å². The lowest BCUT2D eigenvalue weighted by Crippen LogP contribution is -2.07. The van der Waals surface area contributed by atoms with Gasteiger partial charge in [0.2, 0.25) is 0 Å². The summed E-state index contributed by atoms with van der Waals surface area (Å²) in [5.41, 5.74) is 3.36. The first kappa shape index (κ1) is 17.0. The molecule has 0 spiro atoms. The molecule has 5 nitrogen and oxygen atoms in total. The van der Waals surface area contributed by atoms with Crippen molar-refractivity contribution >= 4 is 11.6 Å². The van der Waals surface area contributed by atoms with Gasteiger partial charge in [0.15, 0.2) is 0 Å². The molecule has 1 heterocycles. The molecule has 25 heavy (non-hydrogen) atoms. The molecule has 0 amide bonds. The summed E-state index contributed by atoms with van der Waals surface area (Å²) >= 11 is 6.19. The van der Waals surface area contributed by atoms with Crippen molar-refractivity contribution in [2.75, 3.05) is 0 Å². The Morgan fingerprint density at radius 3 is 2.64 bits per heavy atom. The number of aromatic nitrogens is 2. The van der Waals surface area contributed by atoms with Crippen molar-refractivity contribution in [1.82, 2.24) is 9.78 Å². The molecular weight excluding hydrogens is 338 g/mol. The zero-order valence-electron chi connectivity index (χ0n) is 13.6. The van der Waals surface area contributed by atoms with E-state index in [0.717, 1.165) is 5.69 Å². The topological polar surface area (TPSA) is 71.1 Å². The van der Waals surface area contributed by atoms with E-state index in [9.17, 15) is 5.26 Å². The number of para-hydroxylation sites is 1. The number of nitrogens with zero attached hydrogens (tertiary/aromatic N) is 3. The normalized spacial score (nSPS) is 10.5. The fourth-order valence-electron chi connectivity index (χ4n) is 2.54. The lowest BCUT2D eigenvalue weighted by Gasteiger charge is -2.11. The Balaban J connectivity index is 1.93. The van der Waals surface area contributed by atoms with Crippen LogP contribution in [0.2, 0.25) is 5.02 Å². The van der Waals surface area contributed by atoms with Crippen LogP contribution in [-0.2, 0) is 13.2 Å². The third kappa shape index (κ3) is 3.50. The summed E-state index contributed by atoms with van der Waals surface area (Å²) in [4.78, 5) is 0. The van der Waals surface area contributed by atoms with E-state index < -0.39 is 0 Å². The van der Waals surface area contributed by atoms with E-state index >= 15 is 0 Å². The zero-order chi connectivity index (χ0) is 17.8. The maximum absolute atomic E-state index is 9.47. The number of aryl methyl sites for hydroxylation is 1. The molecule has 3 rings (SSSR count). The highest BCUT2D eigenvalue weighted by Crippen LogP contribution is 2.27. The highest BCUT2D eigenvalue weighted by Gasteiger charge is 2.17. The SMILES string of the molecule is Cc1nn(-c2ccccc2)c(COc2ccc(CO)cc2Cl)c1C#N. The number of aliphatic hydroxyl groups excluding tert-OH is 1. The molecule has 1 N–H and O–H groups in total. The molecule has 3 aromatic rings. The van der Waals surface area contributed by atoms with Crippen molar-refractivity contribution in [2.24, 2.45) is 0 Å². The number of halogens is 1. The fraction of sp³-hybridized carbons (Fsp3) is 0.158. The van der Waals surface area contributed by atoms with Gasteiger partial charge in [-0.15, -0.1) is 0 Å². The van der Waals surface area contributed by atoms with Crippen LogP contribution in [0.25, 0.3) is 5.69 Å². The maximum Gasteiger partial charge on any atom is 0.138 e. The van der Waals surface area contributed by atoms with Crippen LogP contribution in [0.5, 0.6) is 5.75 Å². The second-order valence-corrected chi connectivity index (χ2v) is 5.89. The molecule has 0 aliphatic heterocycles. The molecule has 0 unspecified atom stereocenters. The van der Waals surface area contributed by atoms with Crippen molar-refractivity contribution in [2.45, 2.75) is 20.1 Å². The number of ether oxygens (including phenoxy) is 1. The molecule has 126 valence electrons. The predicted molar refractivity (Wildman–Crippen MR) is 94.7 cm³/mol. The third-order valence-electron chi connectivity index (χ3n) is 3.81. The molecule has 2 aromatic carbocycles. The van der Waals surface area contributed by atoms with Crippen LogP contribution in [0.4, 0.5) is 0 Å². The quantitative estimate of drug-likeness (QED) is 0.757. The summed E-state index contributed by atoms with van der Waals surface area (Å²) < 4.78 is 7.53. The van der Waals surface area contributed by atoms with E-state index in [2.05, 4.69) is 11.2 Å². The van der Waals surface area contributed by atoms with Gasteiger partial charge in [0, 0.05) is 0 Å². The van der Waals surface area contributed by atoms with Gasteiger partial charge in [-0.25, -0.2) is 4.68 Å². The molecule has 0 saturated carbocycles. The van der Waals surface area contributed by atoms with Crippen molar-refractivity contribution in [1.29, 1.82) is 5.26 Å². The Morgan fingerprint density at radius 1 is 1.24 bits per heavy atom. The number of benzene rings is 2. The van der Waals surface area contributed by atoms with Crippen LogP contribution in [0.1, 0.15) is 22.5 Å². The van der Waals surface area contributed by atoms with Gasteiger partial charge >= 0.3 is 0 Å². The molecule has 0 aliphatic carbocycles. The Hall–Kier alpha value is -2.81. The Bertz CT molecular complexity index is 930. The van der Waals surface area contributed by atoms with Gasteiger partial charge in [0.05, 0.1) is 28.7 Å². The maximum atomic E-state index is 9.47. The molecule has 1 aromatic heterocycles. The van der Waals surface area contributed by atoms with Crippen LogP contribution in [-0.4, -0.2) is 14.9 Å². The van der Waals surface area contributed by atoms with Crippen molar-refractivity contribution in [3.05, 3.63) is 76.1 Å². The average Bonchev–Trinajstić information content (AvgIpc) is 2.96. The minimum atomic E-state index is -0.0848. The first-order chi connectivity index (χ1) is 12.1. The van der Waals surface area contributed by atoms with E-state index in [4.69, 9.17) is 21.4 Å². The minimum absolute atomic E-state index is 0.0848. The lowest BCUT2D eigenvalue weighted by molar-refractivity contribution is 0.280. The molecule has 0 saturated heterocycles. The van der Waals surface area contributed by atoms with Crippen LogP contribution in [0, 0.1) is 18.3 Å². The zero-order valence-corrected chi connectivity index (χ0v) is 14.4. The van der Waals surface area contributed by atoms with Gasteiger partial charge in [0.1, 0.15) is 24.0 Å². The Kier molecular flexibility index (Phi) is 5.03. The summed E-state index contributed by atoms with van der Waals surface area (Å²) in [7, 11) is 0. The number of aliphatic hydroxyl groups is 1. The molecule has 0 fully saturated rings. The molecular formula is C19H16ClN3O2. The van der Waals surface area contributed by atoms with Crippen LogP contribution in [0.15, 0.2) is 48.5 Å². The van der Waals surface area contributed by atoms with Gasteiger partial charge in [0.25, 0.3) is 0 Å². The summed E-state index contributed by atoms with van der Waals surface area (Å²) in [5, 5.41) is 23.5. The molecule has 0 radical (unpaired) electrons. The summed E-state index contributed by atoms with van der Waals surface area (Å²) in [6.07, 6.45) is 0. The van der Waals surface area contributed by atoms with Crippen molar-refractivity contribution in [3.8, 4) is 17.5 Å². The summed E-state index contributed by atoms with van der Waals surface area (Å²) in [6.45, 7) is 1.86. The van der Waals surface area contributed by atoms with E-state index in [1.165, 1.54) is 0 Å². The second-order valence-electron chi connectivity index (χ2n) is 5.48. The van der Waals surface area contributed by atoms with Gasteiger partial charge in [-0.3, -0.25) is 0 Å². The smallest absolute Gasteiger partial charge is 0.138 e. The summed E-state index contributed by atoms with van der Waals surface area (Å²) in [5.74, 6) is 0.487. The van der Waals surface area contributed by atoms with Gasteiger partial charge < -0.3 is 9.84 Å². The molecule has 0 bridgehead atoms. The standard InChI is InChI=1S/C19H16ClN3O2/c1-13-16(10-21)18(23(22-13)15-5-3-2-4-6-15)12-25-19-8-7-14(11-24)9-17(19)20/h2-9,24H,11-12H2,1H3. The third-order valence-corrected chi connectivity index (χ3v) is 4.11. The van der Waals surface area contributed by atoms with E-state index in [1.807, 2.05) is 30.3 Å². The predicted octanol–water partition coefficient (Wildman–Crippen LogP) is 3.78. The number of hydrogen-bond acceptors (Lipinski definition) is 4. The molecule has 6 heteroatoms. The van der Waals surface area contributed by atoms with Gasteiger partial charge in [-0.05, 0) is 36.8 Å². The Morgan fingerprint density at radius 2 is 2.00 bits per heavy atom.